The molecule has 52 valence electrons. The number of rotatable bonds is 0. The molecule has 1 aliphatic carbocycles. The van der Waals surface area contributed by atoms with Gasteiger partial charge in [-0.15, -0.1) is 0 Å². The summed E-state index contributed by atoms with van der Waals surface area (Å²) in [5, 5.41) is 0. The average Bonchev–Trinajstić information content (AvgIpc) is 2.34. The summed E-state index contributed by atoms with van der Waals surface area (Å²) < 4.78 is 0. The molecule has 2 N–H and O–H groups in total. The molecule has 0 unspecified atom stereocenters. The number of fused-ring (bicyclic) bond motifs is 1. The van der Waals surface area contributed by atoms with Crippen LogP contribution in [0.4, 0.5) is 0 Å². The van der Waals surface area contributed by atoms with Crippen molar-refractivity contribution in [3.63, 3.8) is 0 Å². The summed E-state index contributed by atoms with van der Waals surface area (Å²) >= 11 is 0. The fourth-order valence-electron chi connectivity index (χ4n) is 1.48. The first-order chi connectivity index (χ1) is 4.88. The van der Waals surface area contributed by atoms with Crippen molar-refractivity contribution in [2.45, 2.75) is 18.9 Å². The molecule has 10 heavy (non-hydrogen) atoms. The molecule has 0 saturated carbocycles. The van der Waals surface area contributed by atoms with Gasteiger partial charge in [0.25, 0.3) is 0 Å². The fraction of sp³-hybridized carbons (Fsp3) is 0.375. The van der Waals surface area contributed by atoms with E-state index in [1.807, 2.05) is 18.5 Å². The molecule has 0 aliphatic heterocycles. The normalized spacial score (nSPS) is 22.7. The van der Waals surface area contributed by atoms with E-state index in [9.17, 15) is 0 Å². The maximum absolute atomic E-state index is 5.82. The number of nitrogens with two attached hydrogens (primary N) is 1. The number of hydrogen-bond acceptors (Lipinski definition) is 2. The topological polar surface area (TPSA) is 38.9 Å². The quantitative estimate of drug-likeness (QED) is 0.575. The molecule has 2 heteroatoms. The van der Waals surface area contributed by atoms with Gasteiger partial charge in [-0.1, -0.05) is 0 Å². The van der Waals surface area contributed by atoms with E-state index in [1.54, 1.807) is 0 Å². The van der Waals surface area contributed by atoms with E-state index in [-0.39, 0.29) is 6.04 Å². The monoisotopic (exact) mass is 134 g/mol. The molecule has 0 amide bonds. The molecule has 2 rings (SSSR count). The van der Waals surface area contributed by atoms with Crippen LogP contribution in [-0.4, -0.2) is 4.98 Å². The van der Waals surface area contributed by atoms with Crippen LogP contribution in [0.5, 0.6) is 0 Å². The molecule has 1 atom stereocenters. The van der Waals surface area contributed by atoms with Crippen molar-refractivity contribution in [1.29, 1.82) is 0 Å². The summed E-state index contributed by atoms with van der Waals surface area (Å²) in [4.78, 5) is 4.04. The highest BCUT2D eigenvalue weighted by Gasteiger charge is 2.17. The number of aromatic nitrogens is 1. The summed E-state index contributed by atoms with van der Waals surface area (Å²) in [6.45, 7) is 0. The molecular weight excluding hydrogens is 124 g/mol. The molecule has 0 radical (unpaired) electrons. The van der Waals surface area contributed by atoms with Gasteiger partial charge in [0.05, 0.1) is 0 Å². The smallest absolute Gasteiger partial charge is 0.0303 e. The molecule has 0 fully saturated rings. The van der Waals surface area contributed by atoms with Gasteiger partial charge < -0.3 is 5.73 Å². The zero-order chi connectivity index (χ0) is 6.97. The molecule has 0 bridgehead atoms. The second kappa shape index (κ2) is 2.06. The van der Waals surface area contributed by atoms with E-state index in [1.165, 1.54) is 11.1 Å². The summed E-state index contributed by atoms with van der Waals surface area (Å²) in [5.74, 6) is 0. The highest BCUT2D eigenvalue weighted by molar-refractivity contribution is 5.30. The van der Waals surface area contributed by atoms with E-state index in [4.69, 9.17) is 5.73 Å². The molecule has 1 aromatic rings. The van der Waals surface area contributed by atoms with Crippen LogP contribution in [0.25, 0.3) is 0 Å². The lowest BCUT2D eigenvalue weighted by molar-refractivity contribution is 0.713. The van der Waals surface area contributed by atoms with Gasteiger partial charge in [0, 0.05) is 18.4 Å². The molecule has 1 aliphatic rings. The highest BCUT2D eigenvalue weighted by atomic mass is 14.7. The van der Waals surface area contributed by atoms with Gasteiger partial charge in [-0.3, -0.25) is 4.98 Å². The van der Waals surface area contributed by atoms with Gasteiger partial charge in [-0.05, 0) is 30.0 Å². The first-order valence-corrected chi connectivity index (χ1v) is 3.56. The number of pyridine rings is 1. The Morgan fingerprint density at radius 1 is 1.60 bits per heavy atom. The van der Waals surface area contributed by atoms with Gasteiger partial charge in [-0.2, -0.15) is 0 Å². The second-order valence-electron chi connectivity index (χ2n) is 2.72. The number of nitrogens with zero attached hydrogens (tertiary/aromatic N) is 1. The molecule has 0 aromatic carbocycles. The Kier molecular flexibility index (Phi) is 1.21. The molecule has 2 nitrogen and oxygen atoms in total. The second-order valence-corrected chi connectivity index (χ2v) is 2.72. The zero-order valence-electron chi connectivity index (χ0n) is 5.75. The standard InChI is InChI=1S/C8H10N2/c9-8-2-1-6-5-10-4-3-7(6)8/h3-5,8H,1-2,9H2/t8-/m0/s1. The van der Waals surface area contributed by atoms with Crippen LogP contribution < -0.4 is 5.73 Å². The summed E-state index contributed by atoms with van der Waals surface area (Å²) in [6.07, 6.45) is 5.91. The van der Waals surface area contributed by atoms with Crippen LogP contribution in [0.15, 0.2) is 18.5 Å². The van der Waals surface area contributed by atoms with Gasteiger partial charge in [0.2, 0.25) is 0 Å². The molecule has 0 spiro atoms. The van der Waals surface area contributed by atoms with Crippen LogP contribution >= 0.6 is 0 Å². The van der Waals surface area contributed by atoms with Crippen molar-refractivity contribution in [3.8, 4) is 0 Å². The van der Waals surface area contributed by atoms with E-state index < -0.39 is 0 Å². The number of aryl methyl sites for hydroxylation is 1. The minimum Gasteiger partial charge on any atom is -0.324 e. The molecule has 1 heterocycles. The van der Waals surface area contributed by atoms with Crippen molar-refractivity contribution < 1.29 is 0 Å². The van der Waals surface area contributed by atoms with Crippen molar-refractivity contribution >= 4 is 0 Å². The van der Waals surface area contributed by atoms with Crippen LogP contribution in [-0.2, 0) is 6.42 Å². The van der Waals surface area contributed by atoms with E-state index in [0.29, 0.717) is 0 Å². The number of hydrogen-bond donors (Lipinski definition) is 1. The Hall–Kier alpha value is -0.890. The molecular formula is C8H10N2. The van der Waals surface area contributed by atoms with Crippen molar-refractivity contribution in [3.05, 3.63) is 29.6 Å². The first kappa shape index (κ1) is 5.86. The Morgan fingerprint density at radius 2 is 2.50 bits per heavy atom. The minimum absolute atomic E-state index is 0.262. The molecule has 0 saturated heterocycles. The lowest BCUT2D eigenvalue weighted by Gasteiger charge is -2.01. The third-order valence-electron chi connectivity index (χ3n) is 2.07. The Balaban J connectivity index is 2.51. The van der Waals surface area contributed by atoms with Crippen LogP contribution in [0.3, 0.4) is 0 Å². The molecule has 1 aromatic heterocycles. The van der Waals surface area contributed by atoms with Crippen molar-refractivity contribution in [2.24, 2.45) is 5.73 Å². The Labute approximate surface area is 60.1 Å². The van der Waals surface area contributed by atoms with Crippen LogP contribution in [0, 0.1) is 0 Å². The summed E-state index contributed by atoms with van der Waals surface area (Å²) in [6, 6.07) is 2.28. The third kappa shape index (κ3) is 0.727. The predicted octanol–water partition coefficient (Wildman–Crippen LogP) is 1.03. The van der Waals surface area contributed by atoms with E-state index in [2.05, 4.69) is 4.98 Å². The van der Waals surface area contributed by atoms with Gasteiger partial charge in [0.15, 0.2) is 0 Å². The summed E-state index contributed by atoms with van der Waals surface area (Å²) in [7, 11) is 0. The van der Waals surface area contributed by atoms with Gasteiger partial charge in [0.1, 0.15) is 0 Å². The summed E-state index contributed by atoms with van der Waals surface area (Å²) in [5.41, 5.74) is 8.43. The minimum atomic E-state index is 0.262. The largest absolute Gasteiger partial charge is 0.324 e. The van der Waals surface area contributed by atoms with Crippen molar-refractivity contribution in [2.75, 3.05) is 0 Å². The SMILES string of the molecule is N[C@H]1CCc2cnccc21. The maximum Gasteiger partial charge on any atom is 0.0303 e. The van der Waals surface area contributed by atoms with Gasteiger partial charge >= 0.3 is 0 Å². The Morgan fingerprint density at radius 3 is 3.30 bits per heavy atom. The van der Waals surface area contributed by atoms with Crippen molar-refractivity contribution in [1.82, 2.24) is 4.98 Å². The van der Waals surface area contributed by atoms with Gasteiger partial charge in [-0.25, -0.2) is 0 Å². The van der Waals surface area contributed by atoms with Crippen LogP contribution in [0.2, 0.25) is 0 Å². The third-order valence-corrected chi connectivity index (χ3v) is 2.07. The lowest BCUT2D eigenvalue weighted by Crippen LogP contribution is -2.04. The first-order valence-electron chi connectivity index (χ1n) is 3.56. The lowest BCUT2D eigenvalue weighted by atomic mass is 10.1. The average molecular weight is 134 g/mol. The highest BCUT2D eigenvalue weighted by Crippen LogP contribution is 2.27. The van der Waals surface area contributed by atoms with E-state index in [0.717, 1.165) is 12.8 Å². The fourth-order valence-corrected chi connectivity index (χ4v) is 1.48. The zero-order valence-corrected chi connectivity index (χ0v) is 5.75. The van der Waals surface area contributed by atoms with Crippen LogP contribution in [0.1, 0.15) is 23.6 Å². The van der Waals surface area contributed by atoms with E-state index >= 15 is 0 Å². The Bertz CT molecular complexity index is 245. The predicted molar refractivity (Wildman–Crippen MR) is 39.5 cm³/mol. The maximum atomic E-state index is 5.82.